The Kier molecular flexibility index (Phi) is 5.36. The molecule has 1 aromatic rings. The van der Waals surface area contributed by atoms with Gasteiger partial charge in [-0.3, -0.25) is 9.69 Å². The van der Waals surface area contributed by atoms with Crippen LogP contribution in [0.15, 0.2) is 24.3 Å². The summed E-state index contributed by atoms with van der Waals surface area (Å²) in [6.45, 7) is 9.36. The molecule has 1 heterocycles. The van der Waals surface area contributed by atoms with Gasteiger partial charge in [-0.05, 0) is 38.3 Å². The number of ether oxygens (including phenoxy) is 1. The SMILES string of the molecule is CC1CN(Cc2ccc(CNC(=O)C3(C)CC3(Cl)Cl)cc2)CC(C)O1. The lowest BCUT2D eigenvalue weighted by Gasteiger charge is -2.35. The molecule has 2 fully saturated rings. The zero-order valence-electron chi connectivity index (χ0n) is 15.0. The number of hydrogen-bond acceptors (Lipinski definition) is 3. The predicted octanol–water partition coefficient (Wildman–Crippen LogP) is 3.50. The van der Waals surface area contributed by atoms with Crippen LogP contribution in [-0.2, 0) is 22.6 Å². The Balaban J connectivity index is 1.50. The Labute approximate surface area is 159 Å². The summed E-state index contributed by atoms with van der Waals surface area (Å²) in [6, 6.07) is 8.37. The van der Waals surface area contributed by atoms with E-state index in [0.717, 1.165) is 25.2 Å². The molecule has 1 aromatic carbocycles. The second-order valence-corrected chi connectivity index (χ2v) is 9.15. The maximum Gasteiger partial charge on any atom is 0.229 e. The van der Waals surface area contributed by atoms with Gasteiger partial charge in [0, 0.05) is 26.2 Å². The average Bonchev–Trinajstić information content (AvgIpc) is 3.05. The second-order valence-electron chi connectivity index (χ2n) is 7.66. The highest BCUT2D eigenvalue weighted by Gasteiger charge is 2.67. The van der Waals surface area contributed by atoms with Crippen molar-refractivity contribution >= 4 is 29.1 Å². The highest BCUT2D eigenvalue weighted by Crippen LogP contribution is 2.63. The van der Waals surface area contributed by atoms with Gasteiger partial charge in [-0.2, -0.15) is 0 Å². The van der Waals surface area contributed by atoms with Gasteiger partial charge in [-0.25, -0.2) is 0 Å². The Bertz CT molecular complexity index is 625. The van der Waals surface area contributed by atoms with Gasteiger partial charge in [0.2, 0.25) is 5.91 Å². The number of amides is 1. The molecule has 25 heavy (non-hydrogen) atoms. The van der Waals surface area contributed by atoms with Crippen LogP contribution in [0, 0.1) is 5.41 Å². The van der Waals surface area contributed by atoms with Crippen LogP contribution in [0.5, 0.6) is 0 Å². The lowest BCUT2D eigenvalue weighted by atomic mass is 10.1. The summed E-state index contributed by atoms with van der Waals surface area (Å²) in [7, 11) is 0. The van der Waals surface area contributed by atoms with E-state index in [1.54, 1.807) is 6.92 Å². The number of alkyl halides is 2. The molecule has 1 N–H and O–H groups in total. The van der Waals surface area contributed by atoms with E-state index >= 15 is 0 Å². The fourth-order valence-corrected chi connectivity index (χ4v) is 4.16. The molecule has 3 rings (SSSR count). The number of hydrogen-bond donors (Lipinski definition) is 1. The third kappa shape index (κ3) is 4.30. The molecule has 138 valence electrons. The lowest BCUT2D eigenvalue weighted by molar-refractivity contribution is -0.125. The molecule has 0 bridgehead atoms. The van der Waals surface area contributed by atoms with E-state index < -0.39 is 9.75 Å². The van der Waals surface area contributed by atoms with Crippen molar-refractivity contribution in [2.24, 2.45) is 5.41 Å². The number of carbonyl (C=O) groups excluding carboxylic acids is 1. The first kappa shape index (κ1) is 19.0. The van der Waals surface area contributed by atoms with Crippen molar-refractivity contribution in [2.45, 2.75) is 56.8 Å². The number of carbonyl (C=O) groups is 1. The number of rotatable bonds is 5. The molecule has 1 amide bonds. The molecule has 2 aliphatic rings. The van der Waals surface area contributed by atoms with Crippen molar-refractivity contribution in [2.75, 3.05) is 13.1 Å². The van der Waals surface area contributed by atoms with Crippen molar-refractivity contribution in [1.82, 2.24) is 10.2 Å². The second kappa shape index (κ2) is 7.07. The van der Waals surface area contributed by atoms with Crippen LogP contribution in [-0.4, -0.2) is 40.4 Å². The Hall–Kier alpha value is -0.810. The molecule has 0 aromatic heterocycles. The lowest BCUT2D eigenvalue weighted by Crippen LogP contribution is -2.44. The smallest absolute Gasteiger partial charge is 0.229 e. The van der Waals surface area contributed by atoms with Crippen LogP contribution in [0.25, 0.3) is 0 Å². The first-order valence-corrected chi connectivity index (χ1v) is 9.57. The molecular weight excluding hydrogens is 359 g/mol. The molecule has 1 saturated carbocycles. The van der Waals surface area contributed by atoms with Crippen molar-refractivity contribution < 1.29 is 9.53 Å². The molecule has 3 unspecified atom stereocenters. The monoisotopic (exact) mass is 384 g/mol. The van der Waals surface area contributed by atoms with Crippen LogP contribution < -0.4 is 5.32 Å². The third-order valence-corrected chi connectivity index (χ3v) is 6.24. The number of nitrogens with zero attached hydrogens (tertiary/aromatic N) is 1. The fraction of sp³-hybridized carbons (Fsp3) is 0.632. The summed E-state index contributed by atoms with van der Waals surface area (Å²) >= 11 is 12.1. The molecule has 0 radical (unpaired) electrons. The first-order chi connectivity index (χ1) is 11.7. The maximum atomic E-state index is 12.2. The largest absolute Gasteiger partial charge is 0.373 e. The zero-order valence-corrected chi connectivity index (χ0v) is 16.5. The summed E-state index contributed by atoms with van der Waals surface area (Å²) < 4.78 is 4.85. The molecule has 1 aliphatic carbocycles. The van der Waals surface area contributed by atoms with Gasteiger partial charge in [-0.1, -0.05) is 24.3 Å². The van der Waals surface area contributed by atoms with Gasteiger partial charge in [0.05, 0.1) is 17.6 Å². The van der Waals surface area contributed by atoms with Crippen molar-refractivity contribution in [3.63, 3.8) is 0 Å². The van der Waals surface area contributed by atoms with Crippen molar-refractivity contribution in [1.29, 1.82) is 0 Å². The fourth-order valence-electron chi connectivity index (χ4n) is 3.46. The van der Waals surface area contributed by atoms with Crippen LogP contribution in [0.3, 0.4) is 0 Å². The highest BCUT2D eigenvalue weighted by molar-refractivity contribution is 6.53. The minimum atomic E-state index is -0.923. The molecule has 1 saturated heterocycles. The number of nitrogens with one attached hydrogen (secondary N) is 1. The van der Waals surface area contributed by atoms with Gasteiger partial charge < -0.3 is 10.1 Å². The number of morpholine rings is 1. The van der Waals surface area contributed by atoms with Crippen molar-refractivity contribution in [3.8, 4) is 0 Å². The van der Waals surface area contributed by atoms with Gasteiger partial charge in [0.15, 0.2) is 0 Å². The highest BCUT2D eigenvalue weighted by atomic mass is 35.5. The molecule has 0 spiro atoms. The van der Waals surface area contributed by atoms with Gasteiger partial charge in [-0.15, -0.1) is 23.2 Å². The average molecular weight is 385 g/mol. The summed E-state index contributed by atoms with van der Waals surface area (Å²) in [6.07, 6.45) is 1.06. The maximum absolute atomic E-state index is 12.2. The van der Waals surface area contributed by atoms with Crippen LogP contribution >= 0.6 is 23.2 Å². The molecular formula is C19H26Cl2N2O2. The number of benzene rings is 1. The quantitative estimate of drug-likeness (QED) is 0.789. The normalized spacial score (nSPS) is 31.6. The Morgan fingerprint density at radius 3 is 2.24 bits per heavy atom. The minimum Gasteiger partial charge on any atom is -0.373 e. The van der Waals surface area contributed by atoms with E-state index in [1.165, 1.54) is 5.56 Å². The molecule has 3 atom stereocenters. The first-order valence-electron chi connectivity index (χ1n) is 8.81. The summed E-state index contributed by atoms with van der Waals surface area (Å²) in [5.74, 6) is -0.0853. The Morgan fingerprint density at radius 1 is 1.20 bits per heavy atom. The van der Waals surface area contributed by atoms with E-state index in [4.69, 9.17) is 27.9 Å². The number of halogens is 2. The standard InChI is InChI=1S/C19H26Cl2N2O2/c1-13-9-23(10-14(2)25-13)11-16-6-4-15(5-7-16)8-22-17(24)18(3)12-19(18,20)21/h4-7,13-14H,8-12H2,1-3H3,(H,22,24). The van der Waals surface area contributed by atoms with E-state index in [1.807, 2.05) is 0 Å². The predicted molar refractivity (Wildman–Crippen MR) is 101 cm³/mol. The molecule has 1 aliphatic heterocycles. The molecule has 6 heteroatoms. The summed E-state index contributed by atoms with van der Waals surface area (Å²) in [5, 5.41) is 2.93. The Morgan fingerprint density at radius 2 is 1.72 bits per heavy atom. The summed E-state index contributed by atoms with van der Waals surface area (Å²) in [4.78, 5) is 14.6. The molecule has 4 nitrogen and oxygen atoms in total. The van der Waals surface area contributed by atoms with Gasteiger partial charge in [0.1, 0.15) is 4.33 Å². The van der Waals surface area contributed by atoms with Crippen molar-refractivity contribution in [3.05, 3.63) is 35.4 Å². The van der Waals surface area contributed by atoms with E-state index in [-0.39, 0.29) is 18.1 Å². The van der Waals surface area contributed by atoms with E-state index in [0.29, 0.717) is 13.0 Å². The van der Waals surface area contributed by atoms with Gasteiger partial charge >= 0.3 is 0 Å². The van der Waals surface area contributed by atoms with Crippen LogP contribution in [0.4, 0.5) is 0 Å². The zero-order chi connectivity index (χ0) is 18.2. The van der Waals surface area contributed by atoms with Crippen LogP contribution in [0.2, 0.25) is 0 Å². The minimum absolute atomic E-state index is 0.0853. The topological polar surface area (TPSA) is 41.6 Å². The van der Waals surface area contributed by atoms with E-state index in [9.17, 15) is 4.79 Å². The van der Waals surface area contributed by atoms with E-state index in [2.05, 4.69) is 48.3 Å². The third-order valence-electron chi connectivity index (χ3n) is 5.14. The van der Waals surface area contributed by atoms with Gasteiger partial charge in [0.25, 0.3) is 0 Å². The van der Waals surface area contributed by atoms with Crippen LogP contribution in [0.1, 0.15) is 38.3 Å². The summed E-state index contributed by atoms with van der Waals surface area (Å²) in [5.41, 5.74) is 1.67.